The normalized spacial score (nSPS) is 13.7. The highest BCUT2D eigenvalue weighted by Crippen LogP contribution is 2.03. The maximum Gasteiger partial charge on any atom is 0.330 e. The van der Waals surface area contributed by atoms with Gasteiger partial charge >= 0.3 is 11.9 Å². The molecule has 0 saturated carbocycles. The van der Waals surface area contributed by atoms with Gasteiger partial charge in [0.15, 0.2) is 0 Å². The monoisotopic (exact) mass is 229 g/mol. The van der Waals surface area contributed by atoms with E-state index in [1.165, 1.54) is 20.1 Å². The maximum absolute atomic E-state index is 11.3. The minimum absolute atomic E-state index is 0.0889. The number of nitrogens with one attached hydrogen (secondary N) is 1. The highest BCUT2D eigenvalue weighted by atomic mass is 16.5. The molecule has 0 bridgehead atoms. The summed E-state index contributed by atoms with van der Waals surface area (Å²) in [6.07, 6.45) is 1.53. The molecule has 0 rings (SSSR count). The minimum atomic E-state index is -0.957. The lowest BCUT2D eigenvalue weighted by molar-refractivity contribution is -0.144. The first-order valence-electron chi connectivity index (χ1n) is 5.11. The van der Waals surface area contributed by atoms with Crippen LogP contribution in [-0.2, 0) is 14.3 Å². The van der Waals surface area contributed by atoms with E-state index in [0.29, 0.717) is 6.54 Å². The Morgan fingerprint density at radius 2 is 2.00 bits per heavy atom. The van der Waals surface area contributed by atoms with Crippen LogP contribution in [0.2, 0.25) is 0 Å². The number of hydrogen-bond acceptors (Lipinski definition) is 4. The van der Waals surface area contributed by atoms with E-state index in [2.05, 4.69) is 10.1 Å². The fourth-order valence-corrected chi connectivity index (χ4v) is 1.14. The van der Waals surface area contributed by atoms with E-state index in [-0.39, 0.29) is 17.5 Å². The number of hydrogen-bond donors (Lipinski definition) is 2. The summed E-state index contributed by atoms with van der Waals surface area (Å²) >= 11 is 0. The quantitative estimate of drug-likeness (QED) is 0.520. The molecule has 2 N–H and O–H groups in total. The van der Waals surface area contributed by atoms with Gasteiger partial charge in [-0.15, -0.1) is 0 Å². The van der Waals surface area contributed by atoms with Crippen LogP contribution >= 0.6 is 0 Å². The van der Waals surface area contributed by atoms with Gasteiger partial charge in [0, 0.05) is 12.1 Å². The van der Waals surface area contributed by atoms with Gasteiger partial charge in [-0.3, -0.25) is 4.79 Å². The molecule has 0 fully saturated rings. The molecule has 0 aliphatic heterocycles. The van der Waals surface area contributed by atoms with Crippen LogP contribution in [0.25, 0.3) is 0 Å². The molecule has 0 radical (unpaired) electrons. The number of ether oxygens (including phenoxy) is 1. The largest absolute Gasteiger partial charge is 0.478 e. The number of carboxylic acids is 1. The molecular weight excluding hydrogens is 210 g/mol. The zero-order valence-corrected chi connectivity index (χ0v) is 10.1. The van der Waals surface area contributed by atoms with Gasteiger partial charge in [-0.1, -0.05) is 19.9 Å². The SMILES string of the molecule is COC(=O)C(NC/C=C(/C)C(=O)O)C(C)C. The standard InChI is InChI=1S/C11H19NO4/c1-7(2)9(11(15)16-4)12-6-5-8(3)10(13)14/h5,7,9,12H,6H2,1-4H3,(H,13,14)/b8-5-. The van der Waals surface area contributed by atoms with Crippen molar-refractivity contribution in [3.8, 4) is 0 Å². The summed E-state index contributed by atoms with van der Waals surface area (Å²) in [6.45, 7) is 5.62. The Bertz CT molecular complexity index is 284. The van der Waals surface area contributed by atoms with Crippen LogP contribution in [0.5, 0.6) is 0 Å². The molecule has 0 aromatic heterocycles. The van der Waals surface area contributed by atoms with Crippen molar-refractivity contribution in [3.05, 3.63) is 11.6 Å². The Hall–Kier alpha value is -1.36. The van der Waals surface area contributed by atoms with Crippen molar-refractivity contribution in [1.82, 2.24) is 5.32 Å². The lowest BCUT2D eigenvalue weighted by Gasteiger charge is -2.18. The molecule has 92 valence electrons. The van der Waals surface area contributed by atoms with Gasteiger partial charge in [0.2, 0.25) is 0 Å². The molecule has 5 nitrogen and oxygen atoms in total. The summed E-state index contributed by atoms with van der Waals surface area (Å²) in [5.41, 5.74) is 0.250. The van der Waals surface area contributed by atoms with Gasteiger partial charge in [-0.2, -0.15) is 0 Å². The molecule has 0 amide bonds. The van der Waals surface area contributed by atoms with E-state index < -0.39 is 12.0 Å². The number of carboxylic acid groups (broad SMARTS) is 1. The van der Waals surface area contributed by atoms with Gasteiger partial charge in [-0.05, 0) is 12.8 Å². The number of aliphatic carboxylic acids is 1. The molecule has 0 aliphatic rings. The maximum atomic E-state index is 11.3. The lowest BCUT2D eigenvalue weighted by Crippen LogP contribution is -2.41. The number of esters is 1. The Morgan fingerprint density at radius 3 is 2.38 bits per heavy atom. The van der Waals surface area contributed by atoms with E-state index in [9.17, 15) is 9.59 Å². The molecule has 0 aliphatic carbocycles. The predicted molar refractivity (Wildman–Crippen MR) is 60.0 cm³/mol. The summed E-state index contributed by atoms with van der Waals surface area (Å²) in [6, 6.07) is -0.414. The first kappa shape index (κ1) is 14.6. The van der Waals surface area contributed by atoms with E-state index in [4.69, 9.17) is 5.11 Å². The molecule has 5 heteroatoms. The second-order valence-corrected chi connectivity index (χ2v) is 3.85. The average molecular weight is 229 g/mol. The first-order chi connectivity index (χ1) is 7.40. The molecule has 1 atom stereocenters. The van der Waals surface area contributed by atoms with Crippen LogP contribution < -0.4 is 5.32 Å². The molecule has 0 aromatic rings. The van der Waals surface area contributed by atoms with Gasteiger partial charge in [0.05, 0.1) is 7.11 Å². The molecule has 0 heterocycles. The Balaban J connectivity index is 4.29. The van der Waals surface area contributed by atoms with E-state index in [0.717, 1.165) is 0 Å². The number of carbonyl (C=O) groups excluding carboxylic acids is 1. The highest BCUT2D eigenvalue weighted by Gasteiger charge is 2.21. The lowest BCUT2D eigenvalue weighted by atomic mass is 10.0. The van der Waals surface area contributed by atoms with Gasteiger partial charge < -0.3 is 15.2 Å². The van der Waals surface area contributed by atoms with Crippen molar-refractivity contribution >= 4 is 11.9 Å². The van der Waals surface area contributed by atoms with Crippen molar-refractivity contribution in [2.24, 2.45) is 5.92 Å². The third-order valence-electron chi connectivity index (χ3n) is 2.21. The van der Waals surface area contributed by atoms with Crippen molar-refractivity contribution in [2.45, 2.75) is 26.8 Å². The Morgan fingerprint density at radius 1 is 1.44 bits per heavy atom. The molecule has 0 aromatic carbocycles. The number of rotatable bonds is 6. The number of carbonyl (C=O) groups is 2. The molecule has 0 spiro atoms. The van der Waals surface area contributed by atoms with Crippen LogP contribution in [0.1, 0.15) is 20.8 Å². The molecule has 1 unspecified atom stereocenters. The van der Waals surface area contributed by atoms with Crippen molar-refractivity contribution in [3.63, 3.8) is 0 Å². The molecule has 16 heavy (non-hydrogen) atoms. The molecule has 0 saturated heterocycles. The van der Waals surface area contributed by atoms with E-state index >= 15 is 0 Å². The zero-order valence-electron chi connectivity index (χ0n) is 10.1. The Labute approximate surface area is 95.5 Å². The van der Waals surface area contributed by atoms with Crippen molar-refractivity contribution in [1.29, 1.82) is 0 Å². The summed E-state index contributed by atoms with van der Waals surface area (Å²) in [5.74, 6) is -1.21. The summed E-state index contributed by atoms with van der Waals surface area (Å²) in [4.78, 5) is 21.9. The highest BCUT2D eigenvalue weighted by molar-refractivity contribution is 5.85. The second-order valence-electron chi connectivity index (χ2n) is 3.85. The van der Waals surface area contributed by atoms with E-state index in [1.54, 1.807) is 0 Å². The van der Waals surface area contributed by atoms with Crippen LogP contribution in [-0.4, -0.2) is 36.7 Å². The molecular formula is C11H19NO4. The predicted octanol–water partition coefficient (Wildman–Crippen LogP) is 0.804. The van der Waals surface area contributed by atoms with Crippen LogP contribution in [0.4, 0.5) is 0 Å². The van der Waals surface area contributed by atoms with Gasteiger partial charge in [-0.25, -0.2) is 4.79 Å². The number of methoxy groups -OCH3 is 1. The third-order valence-corrected chi connectivity index (χ3v) is 2.21. The second kappa shape index (κ2) is 7.00. The van der Waals surface area contributed by atoms with Gasteiger partial charge in [0.1, 0.15) is 6.04 Å². The zero-order chi connectivity index (χ0) is 12.7. The topological polar surface area (TPSA) is 75.6 Å². The smallest absolute Gasteiger partial charge is 0.330 e. The average Bonchev–Trinajstić information content (AvgIpc) is 2.22. The van der Waals surface area contributed by atoms with Crippen molar-refractivity contribution < 1.29 is 19.4 Å². The minimum Gasteiger partial charge on any atom is -0.478 e. The van der Waals surface area contributed by atoms with Gasteiger partial charge in [0.25, 0.3) is 0 Å². The van der Waals surface area contributed by atoms with Crippen LogP contribution in [0, 0.1) is 5.92 Å². The van der Waals surface area contributed by atoms with Crippen LogP contribution in [0.15, 0.2) is 11.6 Å². The van der Waals surface area contributed by atoms with E-state index in [1.807, 2.05) is 13.8 Å². The van der Waals surface area contributed by atoms with Crippen molar-refractivity contribution in [2.75, 3.05) is 13.7 Å². The fourth-order valence-electron chi connectivity index (χ4n) is 1.14. The van der Waals surface area contributed by atoms with Crippen LogP contribution in [0.3, 0.4) is 0 Å². The first-order valence-corrected chi connectivity index (χ1v) is 5.11. The Kier molecular flexibility index (Phi) is 6.41. The summed E-state index contributed by atoms with van der Waals surface area (Å²) < 4.78 is 4.64. The summed E-state index contributed by atoms with van der Waals surface area (Å²) in [7, 11) is 1.33. The summed E-state index contributed by atoms with van der Waals surface area (Å²) in [5, 5.41) is 11.6. The fraction of sp³-hybridized carbons (Fsp3) is 0.636. The third kappa shape index (κ3) is 4.93.